The summed E-state index contributed by atoms with van der Waals surface area (Å²) in [6, 6.07) is 9.39. The van der Waals surface area contributed by atoms with Gasteiger partial charge in [0.2, 0.25) is 0 Å². The summed E-state index contributed by atoms with van der Waals surface area (Å²) in [5, 5.41) is 0. The quantitative estimate of drug-likeness (QED) is 0.772. The van der Waals surface area contributed by atoms with Crippen LogP contribution in [0.3, 0.4) is 0 Å². The first-order valence-electron chi connectivity index (χ1n) is 6.48. The lowest BCUT2D eigenvalue weighted by Gasteiger charge is -2.19. The van der Waals surface area contributed by atoms with E-state index in [-0.39, 0.29) is 5.78 Å². The Balaban J connectivity index is 2.08. The van der Waals surface area contributed by atoms with E-state index in [1.807, 2.05) is 31.2 Å². The Morgan fingerprint density at radius 2 is 2.05 bits per heavy atom. The number of benzene rings is 1. The number of carbonyl (C=O) groups excluding carboxylic acids is 1. The Labute approximate surface area is 112 Å². The lowest BCUT2D eigenvalue weighted by molar-refractivity contribution is 0.103. The number of hydrogen-bond donors (Lipinski definition) is 0. The van der Waals surface area contributed by atoms with Crippen LogP contribution in [0.25, 0.3) is 0 Å². The fourth-order valence-corrected chi connectivity index (χ4v) is 2.44. The zero-order chi connectivity index (χ0) is 13.2. The minimum Gasteiger partial charge on any atom is -0.493 e. The summed E-state index contributed by atoms with van der Waals surface area (Å²) in [7, 11) is 0. The fraction of sp³-hybridized carbons (Fsp3) is 0.250. The van der Waals surface area contributed by atoms with Gasteiger partial charge in [0, 0.05) is 17.5 Å². The summed E-state index contributed by atoms with van der Waals surface area (Å²) in [5.41, 5.74) is 3.16. The molecule has 0 unspecified atom stereocenters. The van der Waals surface area contributed by atoms with Crippen molar-refractivity contribution in [1.29, 1.82) is 0 Å². The second kappa shape index (κ2) is 4.84. The molecule has 0 spiro atoms. The lowest BCUT2D eigenvalue weighted by Crippen LogP contribution is -2.14. The van der Waals surface area contributed by atoms with Crippen molar-refractivity contribution < 1.29 is 9.53 Å². The van der Waals surface area contributed by atoms with Gasteiger partial charge in [0.1, 0.15) is 5.75 Å². The topological polar surface area (TPSA) is 39.2 Å². The molecule has 0 amide bonds. The van der Waals surface area contributed by atoms with Crippen molar-refractivity contribution in [2.45, 2.75) is 19.8 Å². The van der Waals surface area contributed by atoms with Gasteiger partial charge in [-0.2, -0.15) is 0 Å². The smallest absolute Gasteiger partial charge is 0.198 e. The molecule has 96 valence electrons. The molecule has 2 heterocycles. The van der Waals surface area contributed by atoms with Gasteiger partial charge in [-0.05, 0) is 43.5 Å². The van der Waals surface area contributed by atoms with Crippen LogP contribution >= 0.6 is 0 Å². The van der Waals surface area contributed by atoms with Crippen LogP contribution in [0, 0.1) is 6.92 Å². The van der Waals surface area contributed by atoms with Crippen LogP contribution in [0.15, 0.2) is 36.5 Å². The molecular formula is C16H15NO2. The maximum atomic E-state index is 12.6. The van der Waals surface area contributed by atoms with Crippen LogP contribution < -0.4 is 4.74 Å². The SMILES string of the molecule is Cc1ncccc1C(=O)c1cccc2c1OCCC2. The van der Waals surface area contributed by atoms with E-state index in [4.69, 9.17) is 4.74 Å². The van der Waals surface area contributed by atoms with Crippen LogP contribution in [0.1, 0.15) is 33.6 Å². The highest BCUT2D eigenvalue weighted by atomic mass is 16.5. The van der Waals surface area contributed by atoms with E-state index >= 15 is 0 Å². The first-order valence-corrected chi connectivity index (χ1v) is 6.48. The highest BCUT2D eigenvalue weighted by molar-refractivity contribution is 6.11. The molecule has 1 aromatic carbocycles. The molecular weight excluding hydrogens is 238 g/mol. The molecule has 0 atom stereocenters. The van der Waals surface area contributed by atoms with Gasteiger partial charge in [0.25, 0.3) is 0 Å². The van der Waals surface area contributed by atoms with Crippen molar-refractivity contribution in [3.63, 3.8) is 0 Å². The van der Waals surface area contributed by atoms with Crippen LogP contribution in [0.4, 0.5) is 0 Å². The maximum Gasteiger partial charge on any atom is 0.198 e. The summed E-state index contributed by atoms with van der Waals surface area (Å²) in [5.74, 6) is 0.742. The molecule has 3 rings (SSSR count). The molecule has 3 heteroatoms. The van der Waals surface area contributed by atoms with E-state index in [2.05, 4.69) is 4.98 Å². The maximum absolute atomic E-state index is 12.6. The summed E-state index contributed by atoms with van der Waals surface area (Å²) >= 11 is 0. The monoisotopic (exact) mass is 253 g/mol. The molecule has 2 aromatic rings. The van der Waals surface area contributed by atoms with Crippen molar-refractivity contribution in [3.05, 3.63) is 58.9 Å². The molecule has 1 aliphatic rings. The third kappa shape index (κ3) is 2.12. The molecule has 0 fully saturated rings. The minimum absolute atomic E-state index is 0.00986. The number of aromatic nitrogens is 1. The Hall–Kier alpha value is -2.16. The summed E-state index contributed by atoms with van der Waals surface area (Å²) < 4.78 is 5.70. The average molecular weight is 253 g/mol. The van der Waals surface area contributed by atoms with E-state index < -0.39 is 0 Å². The second-order valence-corrected chi connectivity index (χ2v) is 4.71. The molecule has 0 radical (unpaired) electrons. The van der Waals surface area contributed by atoms with Gasteiger partial charge in [-0.25, -0.2) is 0 Å². The molecule has 0 bridgehead atoms. The first kappa shape index (κ1) is 11.9. The molecule has 0 saturated carbocycles. The minimum atomic E-state index is -0.00986. The van der Waals surface area contributed by atoms with Crippen LogP contribution in [0.5, 0.6) is 5.75 Å². The summed E-state index contributed by atoms with van der Waals surface area (Å²) in [4.78, 5) is 16.8. The number of hydrogen-bond acceptors (Lipinski definition) is 3. The molecule has 1 aliphatic heterocycles. The van der Waals surface area contributed by atoms with Gasteiger partial charge in [0.05, 0.1) is 12.2 Å². The predicted molar refractivity (Wildman–Crippen MR) is 72.7 cm³/mol. The molecule has 19 heavy (non-hydrogen) atoms. The van der Waals surface area contributed by atoms with Crippen molar-refractivity contribution in [2.75, 3.05) is 6.61 Å². The highest BCUT2D eigenvalue weighted by Gasteiger charge is 2.21. The standard InChI is InChI=1S/C16H15NO2/c1-11-13(8-3-9-17-11)15(18)14-7-2-5-12-6-4-10-19-16(12)14/h2-3,5,7-9H,4,6,10H2,1H3. The number of fused-ring (bicyclic) bond motifs is 1. The lowest BCUT2D eigenvalue weighted by atomic mass is 9.96. The van der Waals surface area contributed by atoms with Gasteiger partial charge in [-0.1, -0.05) is 12.1 Å². The predicted octanol–water partition coefficient (Wildman–Crippen LogP) is 2.95. The molecule has 1 aromatic heterocycles. The number of aryl methyl sites for hydroxylation is 2. The normalized spacial score (nSPS) is 13.5. The molecule has 3 nitrogen and oxygen atoms in total. The summed E-state index contributed by atoms with van der Waals surface area (Å²) in [6.45, 7) is 2.53. The number of carbonyl (C=O) groups is 1. The number of rotatable bonds is 2. The Morgan fingerprint density at radius 3 is 2.89 bits per heavy atom. The van der Waals surface area contributed by atoms with E-state index in [1.165, 1.54) is 0 Å². The van der Waals surface area contributed by atoms with Crippen molar-refractivity contribution in [3.8, 4) is 5.75 Å². The van der Waals surface area contributed by atoms with Crippen LogP contribution in [-0.2, 0) is 6.42 Å². The van der Waals surface area contributed by atoms with Crippen molar-refractivity contribution in [2.24, 2.45) is 0 Å². The van der Waals surface area contributed by atoms with E-state index in [9.17, 15) is 4.79 Å². The number of ketones is 1. The fourth-order valence-electron chi connectivity index (χ4n) is 2.44. The zero-order valence-electron chi connectivity index (χ0n) is 10.8. The molecule has 0 N–H and O–H groups in total. The Bertz CT molecular complexity index is 634. The van der Waals surface area contributed by atoms with Crippen molar-refractivity contribution in [1.82, 2.24) is 4.98 Å². The third-order valence-electron chi connectivity index (χ3n) is 3.43. The van der Waals surface area contributed by atoms with E-state index in [0.717, 1.165) is 29.8 Å². The van der Waals surface area contributed by atoms with Gasteiger partial charge in [-0.3, -0.25) is 9.78 Å². The average Bonchev–Trinajstić information content (AvgIpc) is 2.46. The third-order valence-corrected chi connectivity index (χ3v) is 3.43. The number of pyridine rings is 1. The Morgan fingerprint density at radius 1 is 1.21 bits per heavy atom. The Kier molecular flexibility index (Phi) is 3.03. The highest BCUT2D eigenvalue weighted by Crippen LogP contribution is 2.30. The summed E-state index contributed by atoms with van der Waals surface area (Å²) in [6.07, 6.45) is 3.68. The number of nitrogens with zero attached hydrogens (tertiary/aromatic N) is 1. The largest absolute Gasteiger partial charge is 0.493 e. The van der Waals surface area contributed by atoms with E-state index in [0.29, 0.717) is 17.7 Å². The van der Waals surface area contributed by atoms with Crippen LogP contribution in [0.2, 0.25) is 0 Å². The van der Waals surface area contributed by atoms with E-state index in [1.54, 1.807) is 12.3 Å². The zero-order valence-corrected chi connectivity index (χ0v) is 10.8. The number of para-hydroxylation sites is 1. The van der Waals surface area contributed by atoms with Gasteiger partial charge >= 0.3 is 0 Å². The van der Waals surface area contributed by atoms with Crippen molar-refractivity contribution >= 4 is 5.78 Å². The van der Waals surface area contributed by atoms with Gasteiger partial charge in [-0.15, -0.1) is 0 Å². The first-order chi connectivity index (χ1) is 9.27. The van der Waals surface area contributed by atoms with Crippen LogP contribution in [-0.4, -0.2) is 17.4 Å². The molecule has 0 saturated heterocycles. The molecule has 0 aliphatic carbocycles. The van der Waals surface area contributed by atoms with Gasteiger partial charge < -0.3 is 4.74 Å². The second-order valence-electron chi connectivity index (χ2n) is 4.71. The van der Waals surface area contributed by atoms with Gasteiger partial charge in [0.15, 0.2) is 5.78 Å². The number of ether oxygens (including phenoxy) is 1.